The van der Waals surface area contributed by atoms with E-state index in [1.165, 1.54) is 12.8 Å². The van der Waals surface area contributed by atoms with Gasteiger partial charge in [0.05, 0.1) is 12.3 Å². The van der Waals surface area contributed by atoms with Gasteiger partial charge in [0.25, 0.3) is 5.91 Å². The van der Waals surface area contributed by atoms with Crippen LogP contribution >= 0.6 is 0 Å². The van der Waals surface area contributed by atoms with Crippen molar-refractivity contribution < 1.29 is 9.53 Å². The van der Waals surface area contributed by atoms with Crippen molar-refractivity contribution in [1.82, 2.24) is 24.0 Å². The third-order valence-electron chi connectivity index (χ3n) is 7.04. The molecule has 2 saturated carbocycles. The molecular formula is C21H31N5O2. The summed E-state index contributed by atoms with van der Waals surface area (Å²) >= 11 is 0. The van der Waals surface area contributed by atoms with Gasteiger partial charge in [-0.2, -0.15) is 5.10 Å². The first-order valence-electron chi connectivity index (χ1n) is 10.6. The normalized spacial score (nSPS) is 30.4. The van der Waals surface area contributed by atoms with Gasteiger partial charge in [0.2, 0.25) is 0 Å². The molecule has 3 aliphatic rings. The highest BCUT2D eigenvalue weighted by atomic mass is 16.5. The Hall–Kier alpha value is -1.86. The second-order valence-corrected chi connectivity index (χ2v) is 9.28. The molecule has 7 nitrogen and oxygen atoms in total. The number of rotatable bonds is 5. The molecule has 0 radical (unpaired) electrons. The average molecular weight is 386 g/mol. The maximum absolute atomic E-state index is 13.3. The van der Waals surface area contributed by atoms with Gasteiger partial charge in [-0.25, -0.2) is 4.52 Å². The lowest BCUT2D eigenvalue weighted by Crippen LogP contribution is -2.48. The molecule has 0 unspecified atom stereocenters. The molecule has 0 N–H and O–H groups in total. The minimum absolute atomic E-state index is 0.114. The summed E-state index contributed by atoms with van der Waals surface area (Å²) in [5.41, 5.74) is 1.58. The topological polar surface area (TPSA) is 55.0 Å². The number of aryl methyl sites for hydroxylation is 1. The van der Waals surface area contributed by atoms with E-state index in [1.54, 1.807) is 10.7 Å². The van der Waals surface area contributed by atoms with Crippen molar-refractivity contribution in [3.05, 3.63) is 24.2 Å². The van der Waals surface area contributed by atoms with E-state index < -0.39 is 0 Å². The van der Waals surface area contributed by atoms with Crippen molar-refractivity contribution in [1.29, 1.82) is 0 Å². The number of carbonyl (C=O) groups excluding carboxylic acids is 1. The van der Waals surface area contributed by atoms with Gasteiger partial charge >= 0.3 is 0 Å². The fourth-order valence-electron chi connectivity index (χ4n) is 5.19. The van der Waals surface area contributed by atoms with E-state index in [0.29, 0.717) is 29.5 Å². The molecule has 7 heteroatoms. The van der Waals surface area contributed by atoms with Crippen LogP contribution < -0.4 is 0 Å². The molecule has 152 valence electrons. The molecule has 2 aromatic rings. The van der Waals surface area contributed by atoms with E-state index in [-0.39, 0.29) is 5.91 Å². The Morgan fingerprint density at radius 3 is 2.68 bits per heavy atom. The van der Waals surface area contributed by atoms with Crippen LogP contribution in [0.3, 0.4) is 0 Å². The molecule has 1 aliphatic heterocycles. The SMILES string of the molecule is CN(C)[C@@H]1C[C@@H]2CN(C(=O)c3cnn4ccn(C)c34)C[C@@H]2C[C@H]1OCC1CC1. The molecule has 0 bridgehead atoms. The smallest absolute Gasteiger partial charge is 0.259 e. The summed E-state index contributed by atoms with van der Waals surface area (Å²) in [6, 6.07) is 0.450. The van der Waals surface area contributed by atoms with Gasteiger partial charge < -0.3 is 19.1 Å². The number of hydrogen-bond donors (Lipinski definition) is 0. The number of ether oxygens (including phenoxy) is 1. The Bertz CT molecular complexity index is 867. The highest BCUT2D eigenvalue weighted by Gasteiger charge is 2.45. The third kappa shape index (κ3) is 3.14. The number of amides is 1. The third-order valence-corrected chi connectivity index (χ3v) is 7.04. The Kier molecular flexibility index (Phi) is 4.47. The first-order chi connectivity index (χ1) is 13.5. The van der Waals surface area contributed by atoms with E-state index in [1.807, 2.05) is 24.0 Å². The largest absolute Gasteiger partial charge is 0.376 e. The number of imidazole rings is 1. The standard InChI is InChI=1S/C21H31N5O2/c1-23(2)18-8-15-11-25(12-16(15)9-19(18)28-13-14-4-5-14)21(27)17-10-22-26-7-6-24(3)20(17)26/h6-7,10,14-16,18-19H,4-5,8-9,11-13H2,1-3H3/t15-,16+,18-,19-/m1/s1. The molecule has 4 atom stereocenters. The van der Waals surface area contributed by atoms with Crippen LogP contribution in [0.1, 0.15) is 36.0 Å². The van der Waals surface area contributed by atoms with E-state index in [2.05, 4.69) is 29.0 Å². The van der Waals surface area contributed by atoms with E-state index in [9.17, 15) is 4.79 Å². The lowest BCUT2D eigenvalue weighted by molar-refractivity contribution is -0.0493. The van der Waals surface area contributed by atoms with Crippen LogP contribution in [0.5, 0.6) is 0 Å². The fraction of sp³-hybridized carbons (Fsp3) is 0.714. The van der Waals surface area contributed by atoms with Crippen LogP contribution in [0.15, 0.2) is 18.6 Å². The van der Waals surface area contributed by atoms with Crippen molar-refractivity contribution >= 4 is 11.6 Å². The molecule has 3 fully saturated rings. The molecule has 28 heavy (non-hydrogen) atoms. The molecule has 0 spiro atoms. The lowest BCUT2D eigenvalue weighted by atomic mass is 9.77. The maximum Gasteiger partial charge on any atom is 0.259 e. The number of likely N-dealkylation sites (tertiary alicyclic amines) is 1. The average Bonchev–Trinajstić information content (AvgIpc) is 3.10. The van der Waals surface area contributed by atoms with E-state index in [4.69, 9.17) is 4.74 Å². The van der Waals surface area contributed by atoms with Gasteiger partial charge in [0.1, 0.15) is 11.2 Å². The highest BCUT2D eigenvalue weighted by molar-refractivity contribution is 6.00. The molecule has 1 amide bonds. The molecule has 3 heterocycles. The van der Waals surface area contributed by atoms with Crippen molar-refractivity contribution in [2.24, 2.45) is 24.8 Å². The quantitative estimate of drug-likeness (QED) is 0.789. The summed E-state index contributed by atoms with van der Waals surface area (Å²) < 4.78 is 10.1. The Balaban J connectivity index is 1.31. The van der Waals surface area contributed by atoms with Crippen LogP contribution in [0.4, 0.5) is 0 Å². The van der Waals surface area contributed by atoms with Crippen molar-refractivity contribution in [2.75, 3.05) is 33.8 Å². The number of fused-ring (bicyclic) bond motifs is 2. The fourth-order valence-corrected chi connectivity index (χ4v) is 5.19. The van der Waals surface area contributed by atoms with Crippen molar-refractivity contribution in [3.8, 4) is 0 Å². The molecule has 0 aromatic carbocycles. The predicted octanol–water partition coefficient (Wildman–Crippen LogP) is 1.88. The van der Waals surface area contributed by atoms with Crippen LogP contribution in [0, 0.1) is 17.8 Å². The molecule has 2 aliphatic carbocycles. The predicted molar refractivity (Wildman–Crippen MR) is 106 cm³/mol. The molecule has 2 aromatic heterocycles. The minimum Gasteiger partial charge on any atom is -0.376 e. The van der Waals surface area contributed by atoms with Crippen LogP contribution in [0.25, 0.3) is 5.65 Å². The molecule has 5 rings (SSSR count). The first-order valence-corrected chi connectivity index (χ1v) is 10.6. The first kappa shape index (κ1) is 18.2. The number of aromatic nitrogens is 3. The monoisotopic (exact) mass is 385 g/mol. The molecular weight excluding hydrogens is 354 g/mol. The van der Waals surface area contributed by atoms with Crippen LogP contribution in [0.2, 0.25) is 0 Å². The summed E-state index contributed by atoms with van der Waals surface area (Å²) in [5, 5.41) is 4.34. The summed E-state index contributed by atoms with van der Waals surface area (Å²) in [6.07, 6.45) is 10.7. The van der Waals surface area contributed by atoms with Gasteiger partial charge in [0, 0.05) is 45.2 Å². The summed E-state index contributed by atoms with van der Waals surface area (Å²) in [7, 11) is 6.28. The number of nitrogens with zero attached hydrogens (tertiary/aromatic N) is 5. The zero-order valence-corrected chi connectivity index (χ0v) is 17.1. The molecule has 1 saturated heterocycles. The van der Waals surface area contributed by atoms with Gasteiger partial charge in [-0.15, -0.1) is 0 Å². The Morgan fingerprint density at radius 1 is 1.21 bits per heavy atom. The number of carbonyl (C=O) groups is 1. The highest BCUT2D eigenvalue weighted by Crippen LogP contribution is 2.40. The Morgan fingerprint density at radius 2 is 1.96 bits per heavy atom. The van der Waals surface area contributed by atoms with Gasteiger partial charge in [-0.05, 0) is 57.5 Å². The zero-order valence-electron chi connectivity index (χ0n) is 17.1. The summed E-state index contributed by atoms with van der Waals surface area (Å²) in [5.74, 6) is 2.01. The van der Waals surface area contributed by atoms with E-state index in [0.717, 1.165) is 44.1 Å². The summed E-state index contributed by atoms with van der Waals surface area (Å²) in [6.45, 7) is 2.61. The lowest BCUT2D eigenvalue weighted by Gasteiger charge is -2.41. The van der Waals surface area contributed by atoms with Crippen LogP contribution in [-0.2, 0) is 11.8 Å². The van der Waals surface area contributed by atoms with Crippen molar-refractivity contribution in [2.45, 2.75) is 37.8 Å². The van der Waals surface area contributed by atoms with E-state index >= 15 is 0 Å². The summed E-state index contributed by atoms with van der Waals surface area (Å²) in [4.78, 5) is 17.6. The maximum atomic E-state index is 13.3. The number of hydrogen-bond acceptors (Lipinski definition) is 4. The van der Waals surface area contributed by atoms with Gasteiger partial charge in [-0.1, -0.05) is 0 Å². The Labute approximate surface area is 166 Å². The van der Waals surface area contributed by atoms with Crippen LogP contribution in [-0.4, -0.2) is 75.8 Å². The number of likely N-dealkylation sites (N-methyl/N-ethyl adjacent to an activating group) is 1. The second-order valence-electron chi connectivity index (χ2n) is 9.28. The second kappa shape index (κ2) is 6.88. The van der Waals surface area contributed by atoms with Crippen molar-refractivity contribution in [3.63, 3.8) is 0 Å². The zero-order chi connectivity index (χ0) is 19.4. The van der Waals surface area contributed by atoms with Gasteiger partial charge in [0.15, 0.2) is 0 Å². The van der Waals surface area contributed by atoms with Gasteiger partial charge in [-0.3, -0.25) is 4.79 Å². The minimum atomic E-state index is 0.114.